The average molecular weight is 213 g/mol. The Morgan fingerprint density at radius 2 is 1.79 bits per heavy atom. The highest BCUT2D eigenvalue weighted by molar-refractivity contribution is 6.77. The molecule has 0 heterocycles. The summed E-state index contributed by atoms with van der Waals surface area (Å²) >= 11 is 0. The molecule has 2 unspecified atom stereocenters. The molecule has 14 heavy (non-hydrogen) atoms. The molecule has 1 fully saturated rings. The lowest BCUT2D eigenvalue weighted by Crippen LogP contribution is -2.43. The number of hydrogen-bond acceptors (Lipinski definition) is 2. The molecule has 2 nitrogen and oxygen atoms in total. The zero-order chi connectivity index (χ0) is 10.9. The maximum atomic E-state index is 11.0. The molecule has 0 N–H and O–H groups in total. The summed E-state index contributed by atoms with van der Waals surface area (Å²) in [5.74, 6) is 0.279. The largest absolute Gasteiger partial charge is 0.306 e. The van der Waals surface area contributed by atoms with Gasteiger partial charge in [0.05, 0.1) is 0 Å². The Labute approximate surface area is 88.7 Å². The lowest BCUT2D eigenvalue weighted by Gasteiger charge is -2.36. The number of carbonyl (C=O) groups excluding carboxylic acids is 1. The Morgan fingerprint density at radius 3 is 2.14 bits per heavy atom. The smallest absolute Gasteiger partial charge is 0.124 e. The van der Waals surface area contributed by atoms with E-state index in [0.717, 1.165) is 12.0 Å². The molecule has 0 saturated heterocycles. The van der Waals surface area contributed by atoms with E-state index in [1.165, 1.54) is 12.7 Å². The normalized spacial score (nSPS) is 33.7. The molecular formula is C11H23NOSi. The van der Waals surface area contributed by atoms with E-state index < -0.39 is 8.07 Å². The van der Waals surface area contributed by atoms with E-state index in [1.807, 2.05) is 0 Å². The van der Waals surface area contributed by atoms with Gasteiger partial charge < -0.3 is 9.69 Å². The molecule has 3 atom stereocenters. The van der Waals surface area contributed by atoms with Crippen molar-refractivity contribution in [2.24, 2.45) is 5.92 Å². The Hall–Kier alpha value is -0.153. The van der Waals surface area contributed by atoms with E-state index in [4.69, 9.17) is 0 Å². The molecule has 0 amide bonds. The lowest BCUT2D eigenvalue weighted by molar-refractivity contribution is -0.112. The summed E-state index contributed by atoms with van der Waals surface area (Å²) in [6, 6.07) is 0.499. The molecular weight excluding hydrogens is 190 g/mol. The third-order valence-electron chi connectivity index (χ3n) is 3.55. The summed E-state index contributed by atoms with van der Waals surface area (Å²) in [7, 11) is 3.11. The molecule has 1 aliphatic carbocycles. The molecule has 0 spiro atoms. The van der Waals surface area contributed by atoms with Crippen LogP contribution in [0, 0.1) is 5.92 Å². The SMILES string of the molecule is CN(C)[C@H]1C(C=O)CCC1[Si](C)(C)C. The van der Waals surface area contributed by atoms with Gasteiger partial charge in [-0.2, -0.15) is 0 Å². The minimum absolute atomic E-state index is 0.279. The highest BCUT2D eigenvalue weighted by atomic mass is 28.3. The van der Waals surface area contributed by atoms with E-state index in [-0.39, 0.29) is 5.92 Å². The highest BCUT2D eigenvalue weighted by Gasteiger charge is 2.43. The van der Waals surface area contributed by atoms with E-state index in [0.29, 0.717) is 6.04 Å². The summed E-state index contributed by atoms with van der Waals surface area (Å²) in [6.45, 7) is 7.25. The molecule has 0 aliphatic heterocycles. The van der Waals surface area contributed by atoms with Crippen LogP contribution in [0.2, 0.25) is 25.2 Å². The van der Waals surface area contributed by atoms with Gasteiger partial charge in [0, 0.05) is 20.0 Å². The maximum Gasteiger partial charge on any atom is 0.124 e. The van der Waals surface area contributed by atoms with Gasteiger partial charge >= 0.3 is 0 Å². The van der Waals surface area contributed by atoms with Gasteiger partial charge in [0.25, 0.3) is 0 Å². The standard InChI is InChI=1S/C11H23NOSi/c1-12(2)11-9(8-13)6-7-10(11)14(3,4)5/h8-11H,6-7H2,1-5H3/t9?,10?,11-/m0/s1. The van der Waals surface area contributed by atoms with Crippen molar-refractivity contribution in [3.05, 3.63) is 0 Å². The second kappa shape index (κ2) is 4.15. The first kappa shape index (κ1) is 11.9. The molecule has 82 valence electrons. The summed E-state index contributed by atoms with van der Waals surface area (Å²) in [5.41, 5.74) is 0.785. The van der Waals surface area contributed by atoms with Gasteiger partial charge in [0.15, 0.2) is 0 Å². The molecule has 1 saturated carbocycles. The number of carbonyl (C=O) groups is 1. The molecule has 0 bridgehead atoms. The van der Waals surface area contributed by atoms with Gasteiger partial charge in [0.1, 0.15) is 6.29 Å². The van der Waals surface area contributed by atoms with Crippen LogP contribution in [-0.4, -0.2) is 39.4 Å². The highest BCUT2D eigenvalue weighted by Crippen LogP contribution is 2.43. The molecule has 1 rings (SSSR count). The minimum Gasteiger partial charge on any atom is -0.306 e. The fourth-order valence-corrected chi connectivity index (χ4v) is 5.45. The molecule has 0 radical (unpaired) electrons. The topological polar surface area (TPSA) is 20.3 Å². The van der Waals surface area contributed by atoms with Crippen LogP contribution >= 0.6 is 0 Å². The Morgan fingerprint density at radius 1 is 1.21 bits per heavy atom. The van der Waals surface area contributed by atoms with Crippen molar-refractivity contribution in [2.75, 3.05) is 14.1 Å². The van der Waals surface area contributed by atoms with E-state index in [9.17, 15) is 4.79 Å². The number of hydrogen-bond donors (Lipinski definition) is 0. The summed E-state index contributed by atoms with van der Waals surface area (Å²) in [6.07, 6.45) is 3.52. The van der Waals surface area contributed by atoms with Crippen LogP contribution in [0.3, 0.4) is 0 Å². The zero-order valence-corrected chi connectivity index (χ0v) is 11.1. The third-order valence-corrected chi connectivity index (χ3v) is 6.40. The number of nitrogens with zero attached hydrogens (tertiary/aromatic N) is 1. The maximum absolute atomic E-state index is 11.0. The Balaban J connectivity index is 2.83. The third kappa shape index (κ3) is 2.26. The van der Waals surface area contributed by atoms with Crippen molar-refractivity contribution in [3.8, 4) is 0 Å². The van der Waals surface area contributed by atoms with Crippen LogP contribution in [0.15, 0.2) is 0 Å². The molecule has 0 aromatic heterocycles. The molecule has 0 aromatic carbocycles. The quantitative estimate of drug-likeness (QED) is 0.529. The van der Waals surface area contributed by atoms with Gasteiger partial charge in [0.2, 0.25) is 0 Å². The van der Waals surface area contributed by atoms with E-state index in [1.54, 1.807) is 0 Å². The van der Waals surface area contributed by atoms with Crippen molar-refractivity contribution in [1.29, 1.82) is 0 Å². The first-order valence-electron chi connectivity index (χ1n) is 5.49. The van der Waals surface area contributed by atoms with Crippen LogP contribution in [0.4, 0.5) is 0 Å². The predicted molar refractivity (Wildman–Crippen MR) is 63.4 cm³/mol. The predicted octanol–water partition coefficient (Wildman–Crippen LogP) is 2.23. The van der Waals surface area contributed by atoms with Crippen molar-refractivity contribution in [3.63, 3.8) is 0 Å². The van der Waals surface area contributed by atoms with Crippen molar-refractivity contribution in [1.82, 2.24) is 4.90 Å². The van der Waals surface area contributed by atoms with Gasteiger partial charge in [-0.25, -0.2) is 0 Å². The Kier molecular flexibility index (Phi) is 3.53. The number of aldehydes is 1. The summed E-state index contributed by atoms with van der Waals surface area (Å²) in [4.78, 5) is 13.2. The van der Waals surface area contributed by atoms with Crippen LogP contribution in [0.5, 0.6) is 0 Å². The molecule has 3 heteroatoms. The van der Waals surface area contributed by atoms with Crippen molar-refractivity contribution >= 4 is 14.4 Å². The van der Waals surface area contributed by atoms with Crippen LogP contribution in [0.1, 0.15) is 12.8 Å². The van der Waals surface area contributed by atoms with Crippen LogP contribution in [-0.2, 0) is 4.79 Å². The first-order valence-corrected chi connectivity index (χ1v) is 9.07. The summed E-state index contributed by atoms with van der Waals surface area (Å²) < 4.78 is 0. The monoisotopic (exact) mass is 213 g/mol. The van der Waals surface area contributed by atoms with Crippen molar-refractivity contribution < 1.29 is 4.79 Å². The fourth-order valence-electron chi connectivity index (χ4n) is 2.85. The van der Waals surface area contributed by atoms with Gasteiger partial charge in [-0.3, -0.25) is 0 Å². The van der Waals surface area contributed by atoms with Gasteiger partial charge in [-0.1, -0.05) is 26.1 Å². The molecule has 0 aromatic rings. The van der Waals surface area contributed by atoms with E-state index >= 15 is 0 Å². The van der Waals surface area contributed by atoms with E-state index in [2.05, 4.69) is 38.6 Å². The van der Waals surface area contributed by atoms with Gasteiger partial charge in [-0.15, -0.1) is 0 Å². The summed E-state index contributed by atoms with van der Waals surface area (Å²) in [5, 5.41) is 0. The lowest BCUT2D eigenvalue weighted by atomic mass is 10.1. The van der Waals surface area contributed by atoms with Crippen molar-refractivity contribution in [2.45, 2.75) is 44.1 Å². The second-order valence-corrected chi connectivity index (χ2v) is 11.3. The van der Waals surface area contributed by atoms with Crippen LogP contribution in [0.25, 0.3) is 0 Å². The molecule has 1 aliphatic rings. The van der Waals surface area contributed by atoms with Crippen LogP contribution < -0.4 is 0 Å². The fraction of sp³-hybridized carbons (Fsp3) is 0.909. The zero-order valence-electron chi connectivity index (χ0n) is 10.1. The number of rotatable bonds is 3. The second-order valence-electron chi connectivity index (χ2n) is 5.80. The Bertz CT molecular complexity index is 210. The first-order chi connectivity index (χ1) is 6.38. The average Bonchev–Trinajstić information content (AvgIpc) is 2.45. The van der Waals surface area contributed by atoms with Gasteiger partial charge in [-0.05, 0) is 26.1 Å². The minimum atomic E-state index is -1.11.